The van der Waals surface area contributed by atoms with Crippen molar-refractivity contribution in [2.45, 2.75) is 13.8 Å². The summed E-state index contributed by atoms with van der Waals surface area (Å²) in [5.41, 5.74) is 0. The van der Waals surface area contributed by atoms with Crippen LogP contribution in [-0.4, -0.2) is 15.1 Å². The molecule has 3 heteroatoms. The molecule has 0 aliphatic heterocycles. The first kappa shape index (κ1) is 7.41. The van der Waals surface area contributed by atoms with E-state index in [1.54, 1.807) is 6.92 Å². The second-order valence-corrected chi connectivity index (χ2v) is 4.34. The van der Waals surface area contributed by atoms with Crippen molar-refractivity contribution in [1.82, 2.24) is 2.66 Å². The third-order valence-electron chi connectivity index (χ3n) is 0.827. The molecular weight excluding hydrogens is 279 g/mol. The predicted octanol–water partition coefficient (Wildman–Crippen LogP) is 0.317. The minimum atomic E-state index is 0.214. The van der Waals surface area contributed by atoms with Crippen molar-refractivity contribution in [2.24, 2.45) is 0 Å². The average Bonchev–Trinajstić information content (AvgIpc) is 1.65. The normalized spacial score (nSPS) is 8.57. The van der Waals surface area contributed by atoms with E-state index in [0.29, 0.717) is 26.4 Å². The van der Waals surface area contributed by atoms with E-state index >= 15 is 0 Å². The summed E-state index contributed by atoms with van der Waals surface area (Å²) in [7, 11) is 0. The Hall–Kier alpha value is 0.405. The fourth-order valence-electron chi connectivity index (χ4n) is 0.223. The van der Waals surface area contributed by atoms with E-state index in [2.05, 4.69) is 0 Å². The monoisotopic (exact) mass is 288 g/mol. The van der Waals surface area contributed by atoms with Gasteiger partial charge in [0.1, 0.15) is 0 Å². The second kappa shape index (κ2) is 3.41. The number of hydrogen-bond acceptors (Lipinski definition) is 1. The molecule has 7 heavy (non-hydrogen) atoms. The maximum absolute atomic E-state index is 10.3. The van der Waals surface area contributed by atoms with Gasteiger partial charge in [-0.3, -0.25) is 0 Å². The van der Waals surface area contributed by atoms with Crippen LogP contribution in [0.1, 0.15) is 13.8 Å². The molecule has 0 bridgehead atoms. The zero-order chi connectivity index (χ0) is 5.86. The number of carbonyl (C=O) groups excluding carboxylic acids is 1. The van der Waals surface area contributed by atoms with Crippen LogP contribution < -0.4 is 0 Å². The van der Waals surface area contributed by atoms with Crippen LogP contribution in [0.3, 0.4) is 0 Å². The van der Waals surface area contributed by atoms with Gasteiger partial charge in [0, 0.05) is 0 Å². The van der Waals surface area contributed by atoms with Gasteiger partial charge in [0.2, 0.25) is 0 Å². The molecule has 0 aliphatic rings. The summed E-state index contributed by atoms with van der Waals surface area (Å²) in [4.78, 5) is 10.3. The molecule has 37 valence electrons. The molecule has 1 amide bonds. The first-order valence-corrected chi connectivity index (χ1v) is 4.73. The van der Waals surface area contributed by atoms with E-state index in [1.165, 1.54) is 0 Å². The molecule has 0 N–H and O–H groups in total. The van der Waals surface area contributed by atoms with Gasteiger partial charge in [-0.25, -0.2) is 0 Å². The Kier molecular flexibility index (Phi) is 3.61. The number of carbonyl (C=O) groups is 1. The molecule has 0 atom stereocenters. The number of hydrogen-bond donors (Lipinski definition) is 0. The molecule has 0 radical (unpaired) electrons. The number of amides is 1. The molecule has 2 nitrogen and oxygen atoms in total. The van der Waals surface area contributed by atoms with E-state index in [1.807, 2.05) is 9.59 Å². The Morgan fingerprint density at radius 3 is 2.29 bits per heavy atom. The van der Waals surface area contributed by atoms with E-state index in [4.69, 9.17) is 0 Å². The van der Waals surface area contributed by atoms with Crippen LogP contribution in [0.5, 0.6) is 0 Å². The van der Waals surface area contributed by atoms with Gasteiger partial charge in [-0.15, -0.1) is 0 Å². The molecule has 0 aromatic carbocycles. The quantitative estimate of drug-likeness (QED) is 0.636. The molecule has 0 aliphatic carbocycles. The third-order valence-corrected chi connectivity index (χ3v) is 4.30. The summed E-state index contributed by atoms with van der Waals surface area (Å²) < 4.78 is 1.85. The second-order valence-electron chi connectivity index (χ2n) is 1.38. The summed E-state index contributed by atoms with van der Waals surface area (Å²) in [6.07, 6.45) is 0. The van der Waals surface area contributed by atoms with Crippen LogP contribution >= 0.6 is 0 Å². The Morgan fingerprint density at radius 1 is 1.86 bits per heavy atom. The average molecular weight is 287 g/mol. The fourth-order valence-corrected chi connectivity index (χ4v) is 0.223. The van der Waals surface area contributed by atoms with E-state index in [-0.39, 0.29) is 5.91 Å². The van der Waals surface area contributed by atoms with E-state index < -0.39 is 0 Å². The van der Waals surface area contributed by atoms with Crippen molar-refractivity contribution in [2.75, 3.05) is 6.54 Å². The minimum absolute atomic E-state index is 0.214. The topological polar surface area (TPSA) is 20.3 Å². The van der Waals surface area contributed by atoms with Crippen LogP contribution in [0.2, 0.25) is 0 Å². The Morgan fingerprint density at radius 2 is 2.29 bits per heavy atom. The molecule has 0 fully saturated rings. The van der Waals surface area contributed by atoms with E-state index in [9.17, 15) is 4.79 Å². The van der Waals surface area contributed by atoms with Gasteiger partial charge in [0.15, 0.2) is 0 Å². The van der Waals surface area contributed by atoms with Gasteiger partial charge in [-0.05, 0) is 0 Å². The Bertz CT molecular complexity index is 74.1. The fraction of sp³-hybridized carbons (Fsp3) is 0.750. The number of rotatable bonds is 1. The molecule has 0 saturated heterocycles. The van der Waals surface area contributed by atoms with Gasteiger partial charge in [0.25, 0.3) is 0 Å². The molecule has 0 rings (SSSR count). The zero-order valence-corrected chi connectivity index (χ0v) is 10.3. The summed E-state index contributed by atoms with van der Waals surface area (Å²) in [6.45, 7) is 4.49. The molecule has 0 spiro atoms. The van der Waals surface area contributed by atoms with Crippen LogP contribution in [0, 0.1) is 0 Å². The molecule has 0 saturated carbocycles. The van der Waals surface area contributed by atoms with Crippen molar-refractivity contribution >= 4 is 5.91 Å². The first-order chi connectivity index (χ1) is 3.18. The Balaban J connectivity index is 3.34. The molecule has 0 aromatic heterocycles. The van der Waals surface area contributed by atoms with Gasteiger partial charge >= 0.3 is 60.2 Å². The molecule has 0 aromatic rings. The third kappa shape index (κ3) is 3.03. The summed E-state index contributed by atoms with van der Waals surface area (Å²) in [6, 6.07) is 0. The molecular formula is C4H8HgNO. The maximum atomic E-state index is 10.3. The van der Waals surface area contributed by atoms with E-state index in [0.717, 1.165) is 6.54 Å². The standard InChI is InChI=1S/C4H9NO.Hg/c1-3-5-4(2)6;/h3H2,1-2H3,(H,5,6);/q;+1/p-1. The van der Waals surface area contributed by atoms with Crippen LogP contribution in [0.4, 0.5) is 0 Å². The van der Waals surface area contributed by atoms with Gasteiger partial charge < -0.3 is 0 Å². The SMILES string of the molecule is CC[N]([Hg])C(C)=O. The van der Waals surface area contributed by atoms with Crippen molar-refractivity contribution in [3.8, 4) is 0 Å². The van der Waals surface area contributed by atoms with Gasteiger partial charge in [-0.1, -0.05) is 0 Å². The number of nitrogens with zero attached hydrogens (tertiary/aromatic N) is 1. The van der Waals surface area contributed by atoms with Crippen molar-refractivity contribution in [1.29, 1.82) is 0 Å². The Labute approximate surface area is 60.3 Å². The van der Waals surface area contributed by atoms with Crippen LogP contribution in [0.25, 0.3) is 0 Å². The summed E-state index contributed by atoms with van der Waals surface area (Å²) >= 11 is 0.489. The van der Waals surface area contributed by atoms with Gasteiger partial charge in [0.05, 0.1) is 0 Å². The summed E-state index contributed by atoms with van der Waals surface area (Å²) in [5.74, 6) is 0.214. The van der Waals surface area contributed by atoms with Crippen molar-refractivity contribution in [3.63, 3.8) is 0 Å². The van der Waals surface area contributed by atoms with Crippen LogP contribution in [-0.2, 0) is 31.2 Å². The first-order valence-electron chi connectivity index (χ1n) is 2.27. The predicted molar refractivity (Wildman–Crippen MR) is 23.1 cm³/mol. The molecule has 0 unspecified atom stereocenters. The zero-order valence-electron chi connectivity index (χ0n) is 4.77. The van der Waals surface area contributed by atoms with Crippen molar-refractivity contribution in [3.05, 3.63) is 0 Å². The van der Waals surface area contributed by atoms with Crippen LogP contribution in [0.15, 0.2) is 0 Å². The summed E-state index contributed by atoms with van der Waals surface area (Å²) in [5, 5.41) is 0. The van der Waals surface area contributed by atoms with Gasteiger partial charge in [-0.2, -0.15) is 0 Å². The molecule has 0 heterocycles. The van der Waals surface area contributed by atoms with Crippen molar-refractivity contribution < 1.29 is 31.2 Å².